The van der Waals surface area contributed by atoms with Crippen molar-refractivity contribution in [2.24, 2.45) is 0 Å². The fraction of sp³-hybridized carbons (Fsp3) is 0.273. The van der Waals surface area contributed by atoms with Crippen molar-refractivity contribution in [2.45, 2.75) is 20.0 Å². The molecule has 0 aliphatic rings. The summed E-state index contributed by atoms with van der Waals surface area (Å²) in [5.74, 6) is -0.631. The predicted molar refractivity (Wildman–Crippen MR) is 121 cm³/mol. The van der Waals surface area contributed by atoms with E-state index in [1.807, 2.05) is 37.2 Å². The summed E-state index contributed by atoms with van der Waals surface area (Å²) < 4.78 is 5.77. The quantitative estimate of drug-likeness (QED) is 0.557. The molecule has 0 saturated carbocycles. The highest BCUT2D eigenvalue weighted by atomic mass is 35.5. The SMILES string of the molecule is COC(=O)c1c(N(Cc2ccccc2Cl)C(C)=O)sc2c(CN(C)C)c(O)ccc12. The van der Waals surface area contributed by atoms with Crippen LogP contribution in [0, 0.1) is 0 Å². The number of phenols is 1. The Kier molecular flexibility index (Phi) is 6.65. The van der Waals surface area contributed by atoms with E-state index >= 15 is 0 Å². The minimum atomic E-state index is -0.539. The van der Waals surface area contributed by atoms with Gasteiger partial charge in [0.1, 0.15) is 16.3 Å². The molecule has 0 bridgehead atoms. The van der Waals surface area contributed by atoms with Crippen molar-refractivity contribution in [3.05, 3.63) is 58.1 Å². The third-order valence-electron chi connectivity index (χ3n) is 4.69. The monoisotopic (exact) mass is 446 g/mol. The maximum Gasteiger partial charge on any atom is 0.341 e. The van der Waals surface area contributed by atoms with Gasteiger partial charge in [-0.3, -0.25) is 9.69 Å². The number of hydrogen-bond acceptors (Lipinski definition) is 6. The largest absolute Gasteiger partial charge is 0.508 e. The maximum absolute atomic E-state index is 12.7. The van der Waals surface area contributed by atoms with E-state index in [1.54, 1.807) is 18.2 Å². The molecular weight excluding hydrogens is 424 g/mol. The van der Waals surface area contributed by atoms with E-state index in [-0.39, 0.29) is 18.2 Å². The number of phenolic OH excluding ortho intramolecular Hbond substituents is 1. The molecular formula is C22H23ClN2O4S. The van der Waals surface area contributed by atoms with E-state index in [4.69, 9.17) is 16.3 Å². The van der Waals surface area contributed by atoms with Gasteiger partial charge >= 0.3 is 5.97 Å². The van der Waals surface area contributed by atoms with Gasteiger partial charge in [-0.25, -0.2) is 4.79 Å². The second-order valence-corrected chi connectivity index (χ2v) is 8.55. The van der Waals surface area contributed by atoms with Gasteiger partial charge in [-0.15, -0.1) is 11.3 Å². The number of aromatic hydroxyl groups is 1. The first-order chi connectivity index (χ1) is 14.2. The first-order valence-electron chi connectivity index (χ1n) is 9.26. The number of nitrogens with zero attached hydrogens (tertiary/aromatic N) is 2. The lowest BCUT2D eigenvalue weighted by Crippen LogP contribution is -2.28. The predicted octanol–water partition coefficient (Wildman–Crippen LogP) is 4.66. The zero-order chi connectivity index (χ0) is 22.0. The number of ether oxygens (including phenoxy) is 1. The van der Waals surface area contributed by atoms with E-state index in [2.05, 4.69) is 0 Å². The third-order valence-corrected chi connectivity index (χ3v) is 6.35. The van der Waals surface area contributed by atoms with Crippen LogP contribution in [-0.2, 0) is 22.6 Å². The van der Waals surface area contributed by atoms with E-state index in [1.165, 1.54) is 30.3 Å². The second kappa shape index (κ2) is 9.04. The summed E-state index contributed by atoms with van der Waals surface area (Å²) in [5, 5.41) is 12.1. The van der Waals surface area contributed by atoms with Crippen LogP contribution in [-0.4, -0.2) is 43.1 Å². The highest BCUT2D eigenvalue weighted by Gasteiger charge is 2.28. The van der Waals surface area contributed by atoms with Crippen LogP contribution < -0.4 is 4.90 Å². The molecule has 1 heterocycles. The van der Waals surface area contributed by atoms with Crippen LogP contribution in [0.2, 0.25) is 5.02 Å². The number of benzene rings is 2. The molecule has 0 radical (unpaired) electrons. The zero-order valence-corrected chi connectivity index (χ0v) is 18.8. The summed E-state index contributed by atoms with van der Waals surface area (Å²) in [6.07, 6.45) is 0. The highest BCUT2D eigenvalue weighted by Crippen LogP contribution is 2.43. The Morgan fingerprint density at radius 1 is 1.13 bits per heavy atom. The summed E-state index contributed by atoms with van der Waals surface area (Å²) >= 11 is 7.59. The van der Waals surface area contributed by atoms with E-state index in [9.17, 15) is 14.7 Å². The summed E-state index contributed by atoms with van der Waals surface area (Å²) in [5.41, 5.74) is 1.76. The third kappa shape index (κ3) is 4.28. The van der Waals surface area contributed by atoms with Crippen LogP contribution in [0.5, 0.6) is 5.75 Å². The molecule has 1 amide bonds. The van der Waals surface area contributed by atoms with Gasteiger partial charge in [0.25, 0.3) is 0 Å². The molecule has 158 valence electrons. The minimum Gasteiger partial charge on any atom is -0.508 e. The highest BCUT2D eigenvalue weighted by molar-refractivity contribution is 7.23. The number of fused-ring (bicyclic) bond motifs is 1. The number of halogens is 1. The van der Waals surface area contributed by atoms with E-state index < -0.39 is 5.97 Å². The Morgan fingerprint density at radius 3 is 2.43 bits per heavy atom. The summed E-state index contributed by atoms with van der Waals surface area (Å²) in [6.45, 7) is 2.13. The van der Waals surface area contributed by atoms with E-state index in [0.29, 0.717) is 33.1 Å². The van der Waals surface area contributed by atoms with Crippen LogP contribution in [0.15, 0.2) is 36.4 Å². The van der Waals surface area contributed by atoms with Crippen LogP contribution in [0.25, 0.3) is 10.1 Å². The molecule has 3 aromatic rings. The molecule has 1 aromatic heterocycles. The lowest BCUT2D eigenvalue weighted by atomic mass is 10.1. The van der Waals surface area contributed by atoms with Crippen molar-refractivity contribution in [1.82, 2.24) is 4.90 Å². The molecule has 0 saturated heterocycles. The van der Waals surface area contributed by atoms with Gasteiger partial charge in [-0.2, -0.15) is 0 Å². The van der Waals surface area contributed by atoms with Crippen molar-refractivity contribution >= 4 is 49.9 Å². The number of carbonyl (C=O) groups excluding carboxylic acids is 2. The van der Waals surface area contributed by atoms with Gasteiger partial charge < -0.3 is 14.7 Å². The second-order valence-electron chi connectivity index (χ2n) is 7.15. The van der Waals surface area contributed by atoms with Crippen molar-refractivity contribution in [3.63, 3.8) is 0 Å². The molecule has 6 nitrogen and oxygen atoms in total. The van der Waals surface area contributed by atoms with E-state index in [0.717, 1.165) is 10.3 Å². The molecule has 2 aromatic carbocycles. The van der Waals surface area contributed by atoms with Gasteiger partial charge in [0.2, 0.25) is 5.91 Å². The number of methoxy groups -OCH3 is 1. The summed E-state index contributed by atoms with van der Waals surface area (Å²) in [6, 6.07) is 10.5. The number of rotatable bonds is 6. The topological polar surface area (TPSA) is 70.1 Å². The molecule has 0 aliphatic carbocycles. The molecule has 0 aliphatic heterocycles. The van der Waals surface area contributed by atoms with Crippen molar-refractivity contribution in [1.29, 1.82) is 0 Å². The van der Waals surface area contributed by atoms with Gasteiger partial charge in [0.05, 0.1) is 13.7 Å². The van der Waals surface area contributed by atoms with Crippen LogP contribution in [0.4, 0.5) is 5.00 Å². The van der Waals surface area contributed by atoms with Crippen molar-refractivity contribution in [2.75, 3.05) is 26.1 Å². The van der Waals surface area contributed by atoms with Gasteiger partial charge in [0.15, 0.2) is 0 Å². The zero-order valence-electron chi connectivity index (χ0n) is 17.2. The number of carbonyl (C=O) groups is 2. The lowest BCUT2D eigenvalue weighted by Gasteiger charge is -2.21. The summed E-state index contributed by atoms with van der Waals surface area (Å²) in [4.78, 5) is 28.8. The average molecular weight is 447 g/mol. The number of anilines is 1. The Morgan fingerprint density at radius 2 is 1.83 bits per heavy atom. The first-order valence-corrected chi connectivity index (χ1v) is 10.5. The lowest BCUT2D eigenvalue weighted by molar-refractivity contribution is -0.116. The molecule has 30 heavy (non-hydrogen) atoms. The van der Waals surface area contributed by atoms with Crippen molar-refractivity contribution in [3.8, 4) is 5.75 Å². The normalized spacial score (nSPS) is 11.1. The maximum atomic E-state index is 12.7. The number of hydrogen-bond donors (Lipinski definition) is 1. The van der Waals surface area contributed by atoms with Gasteiger partial charge in [-0.1, -0.05) is 29.8 Å². The molecule has 1 N–H and O–H groups in total. The number of amides is 1. The minimum absolute atomic E-state index is 0.140. The fourth-order valence-electron chi connectivity index (χ4n) is 3.28. The van der Waals surface area contributed by atoms with Crippen LogP contribution in [0.3, 0.4) is 0 Å². The molecule has 0 atom stereocenters. The first kappa shape index (κ1) is 22.1. The Hall–Kier alpha value is -2.61. The molecule has 0 unspecified atom stereocenters. The Balaban J connectivity index is 2.25. The van der Waals surface area contributed by atoms with Gasteiger partial charge in [-0.05, 0) is 37.9 Å². The standard InChI is InChI=1S/C22H23ClN2O4S/c1-13(26)25(11-14-7-5-6-8-17(14)23)21-19(22(28)29-4)15-9-10-18(27)16(12-24(2)3)20(15)30-21/h5-10,27H,11-12H2,1-4H3. The molecule has 0 spiro atoms. The summed E-state index contributed by atoms with van der Waals surface area (Å²) in [7, 11) is 5.10. The fourth-order valence-corrected chi connectivity index (χ4v) is 4.84. The average Bonchev–Trinajstić information content (AvgIpc) is 3.07. The van der Waals surface area contributed by atoms with Crippen molar-refractivity contribution < 1.29 is 19.4 Å². The van der Waals surface area contributed by atoms with Crippen LogP contribution in [0.1, 0.15) is 28.4 Å². The Bertz CT molecular complexity index is 1110. The Labute approximate surface area is 184 Å². The molecule has 0 fully saturated rings. The van der Waals surface area contributed by atoms with Crippen LogP contribution >= 0.6 is 22.9 Å². The number of thiophene rings is 1. The molecule has 8 heteroatoms. The molecule has 3 rings (SSSR count). The van der Waals surface area contributed by atoms with Gasteiger partial charge in [0, 0.05) is 34.1 Å². The number of esters is 1. The smallest absolute Gasteiger partial charge is 0.341 e.